The van der Waals surface area contributed by atoms with Gasteiger partial charge in [-0.05, 0) is 54.7 Å². The Morgan fingerprint density at radius 3 is 2.85 bits per heavy atom. The minimum Gasteiger partial charge on any atom is -0.405 e. The molecule has 0 spiro atoms. The number of aromatic nitrogens is 5. The molecule has 0 atom stereocenters. The van der Waals surface area contributed by atoms with Crippen molar-refractivity contribution in [3.05, 3.63) is 84.0 Å². The monoisotopic (exact) mass is 469 g/mol. The van der Waals surface area contributed by atoms with Crippen LogP contribution in [0.25, 0.3) is 32.5 Å². The topological polar surface area (TPSA) is 161 Å². The molecule has 0 saturated heterocycles. The molecule has 10 nitrogen and oxygen atoms in total. The Kier molecular flexibility index (Phi) is 5.58. The van der Waals surface area contributed by atoms with Gasteiger partial charge in [0.1, 0.15) is 5.82 Å². The molecule has 1 amide bonds. The summed E-state index contributed by atoms with van der Waals surface area (Å²) < 4.78 is 0.865. The van der Waals surface area contributed by atoms with E-state index in [2.05, 4.69) is 35.8 Å². The Morgan fingerprint density at radius 1 is 1.09 bits per heavy atom. The Morgan fingerprint density at radius 2 is 2.00 bits per heavy atom. The van der Waals surface area contributed by atoms with E-state index in [-0.39, 0.29) is 5.91 Å². The Hall–Kier alpha value is -4.77. The number of thiazole rings is 1. The quantitative estimate of drug-likeness (QED) is 0.237. The molecule has 0 aliphatic heterocycles. The summed E-state index contributed by atoms with van der Waals surface area (Å²) in [5.41, 5.74) is 14.6. The molecule has 7 N–H and O–H groups in total. The molecular weight excluding hydrogens is 450 g/mol. The molecular formula is C23H19N9OS. The van der Waals surface area contributed by atoms with Gasteiger partial charge in [-0.3, -0.25) is 9.89 Å². The van der Waals surface area contributed by atoms with Gasteiger partial charge >= 0.3 is 0 Å². The summed E-state index contributed by atoms with van der Waals surface area (Å²) in [5, 5.41) is 14.3. The number of benzene rings is 2. The highest BCUT2D eigenvalue weighted by Crippen LogP contribution is 2.27. The highest BCUT2D eigenvalue weighted by molar-refractivity contribution is 7.20. The van der Waals surface area contributed by atoms with Crippen molar-refractivity contribution < 1.29 is 4.79 Å². The average molecular weight is 470 g/mol. The normalized spacial score (nSPS) is 11.9. The predicted octanol–water partition coefficient (Wildman–Crippen LogP) is 3.38. The third-order valence-corrected chi connectivity index (χ3v) is 5.96. The van der Waals surface area contributed by atoms with Crippen LogP contribution in [0.15, 0.2) is 79.0 Å². The first-order chi connectivity index (χ1) is 16.6. The van der Waals surface area contributed by atoms with Gasteiger partial charge in [0.2, 0.25) is 0 Å². The van der Waals surface area contributed by atoms with Crippen molar-refractivity contribution in [3.8, 4) is 11.4 Å². The number of allylic oxidation sites excluding steroid dienone is 1. The van der Waals surface area contributed by atoms with Crippen LogP contribution in [0.4, 0.5) is 11.5 Å². The third-order valence-electron chi connectivity index (χ3n) is 4.92. The molecule has 0 fully saturated rings. The molecule has 2 aromatic carbocycles. The fourth-order valence-electron chi connectivity index (χ4n) is 3.33. The second-order valence-electron chi connectivity index (χ2n) is 7.20. The second kappa shape index (κ2) is 9.00. The summed E-state index contributed by atoms with van der Waals surface area (Å²) in [6, 6.07) is 13.4. The van der Waals surface area contributed by atoms with Gasteiger partial charge in [0.05, 0.1) is 27.6 Å². The van der Waals surface area contributed by atoms with Gasteiger partial charge < -0.3 is 22.1 Å². The molecule has 0 bridgehead atoms. The molecule has 3 aromatic heterocycles. The molecule has 34 heavy (non-hydrogen) atoms. The molecule has 5 aromatic rings. The van der Waals surface area contributed by atoms with Gasteiger partial charge in [-0.2, -0.15) is 5.10 Å². The number of H-pyrrole nitrogens is 1. The van der Waals surface area contributed by atoms with Gasteiger partial charge in [-0.15, -0.1) is 11.3 Å². The number of amides is 1. The molecule has 0 aliphatic rings. The average Bonchev–Trinajstić information content (AvgIpc) is 3.50. The first kappa shape index (κ1) is 21.1. The number of carbonyl (C=O) groups excluding carboxylic acids is 1. The zero-order valence-corrected chi connectivity index (χ0v) is 18.5. The van der Waals surface area contributed by atoms with Gasteiger partial charge in [-0.25, -0.2) is 15.0 Å². The van der Waals surface area contributed by atoms with Crippen LogP contribution in [0.3, 0.4) is 0 Å². The van der Waals surface area contributed by atoms with Gasteiger partial charge in [0.15, 0.2) is 10.8 Å². The van der Waals surface area contributed by atoms with E-state index in [1.54, 1.807) is 18.5 Å². The number of rotatable bonds is 6. The lowest BCUT2D eigenvalue weighted by Crippen LogP contribution is -2.22. The Balaban J connectivity index is 1.39. The van der Waals surface area contributed by atoms with E-state index < -0.39 is 0 Å². The minimum atomic E-state index is -0.366. The van der Waals surface area contributed by atoms with Crippen LogP contribution in [0.5, 0.6) is 0 Å². The molecule has 0 radical (unpaired) electrons. The lowest BCUT2D eigenvalue weighted by atomic mass is 10.2. The van der Waals surface area contributed by atoms with Crippen LogP contribution in [-0.4, -0.2) is 31.1 Å². The lowest BCUT2D eigenvalue weighted by molar-refractivity contribution is 0.0967. The maximum absolute atomic E-state index is 12.5. The number of nitrogens with zero attached hydrogens (tertiary/aromatic N) is 4. The number of nitrogens with two attached hydrogens (primary N) is 2. The zero-order chi connectivity index (χ0) is 23.5. The SMILES string of the molecule is N/C=C\C(=C/N)NC(=O)c1nc2cc(-c3nccc(Nc4ccc5[nH]ncc5c4)n3)ccc2s1. The van der Waals surface area contributed by atoms with Crippen molar-refractivity contribution >= 4 is 49.9 Å². The molecule has 0 aliphatic carbocycles. The first-order valence-corrected chi connectivity index (χ1v) is 11.0. The molecule has 0 unspecified atom stereocenters. The summed E-state index contributed by atoms with van der Waals surface area (Å²) in [4.78, 5) is 26.0. The predicted molar refractivity (Wildman–Crippen MR) is 133 cm³/mol. The fraction of sp³-hybridized carbons (Fsp3) is 0. The van der Waals surface area contributed by atoms with Gasteiger partial charge in [0.25, 0.3) is 5.91 Å². The van der Waals surface area contributed by atoms with Crippen molar-refractivity contribution in [1.82, 2.24) is 30.5 Å². The van der Waals surface area contributed by atoms with E-state index in [9.17, 15) is 4.79 Å². The minimum absolute atomic E-state index is 0.308. The second-order valence-corrected chi connectivity index (χ2v) is 8.23. The van der Waals surface area contributed by atoms with E-state index in [1.807, 2.05) is 36.4 Å². The van der Waals surface area contributed by atoms with E-state index in [1.165, 1.54) is 29.8 Å². The standard InChI is InChI=1S/C23H19N9OS/c24-7-5-16(11-25)29-22(33)23-30-18-10-13(1-4-19(18)34-23)21-26-8-6-20(31-21)28-15-2-3-17-14(9-15)12-27-32-17/h1-12H,24-25H2,(H,27,32)(H,29,33)(H,26,28,31)/b7-5-,16-11+. The van der Waals surface area contributed by atoms with Gasteiger partial charge in [-0.1, -0.05) is 0 Å². The smallest absolute Gasteiger partial charge is 0.284 e. The highest BCUT2D eigenvalue weighted by Gasteiger charge is 2.14. The highest BCUT2D eigenvalue weighted by atomic mass is 32.1. The van der Waals surface area contributed by atoms with E-state index in [0.29, 0.717) is 27.9 Å². The summed E-state index contributed by atoms with van der Waals surface area (Å²) in [6.45, 7) is 0. The van der Waals surface area contributed by atoms with Crippen molar-refractivity contribution in [2.24, 2.45) is 11.5 Å². The number of fused-ring (bicyclic) bond motifs is 2. The van der Waals surface area contributed by atoms with E-state index >= 15 is 0 Å². The summed E-state index contributed by atoms with van der Waals surface area (Å²) >= 11 is 1.28. The van der Waals surface area contributed by atoms with Crippen LogP contribution < -0.4 is 22.1 Å². The Bertz CT molecular complexity index is 1570. The summed E-state index contributed by atoms with van der Waals surface area (Å²) in [6.07, 6.45) is 7.51. The summed E-state index contributed by atoms with van der Waals surface area (Å²) in [7, 11) is 0. The number of aromatic amines is 1. The number of anilines is 2. The number of hydrogen-bond acceptors (Lipinski definition) is 9. The van der Waals surface area contributed by atoms with Gasteiger partial charge in [0, 0.05) is 29.0 Å². The zero-order valence-electron chi connectivity index (χ0n) is 17.7. The molecule has 5 rings (SSSR count). The van der Waals surface area contributed by atoms with Crippen LogP contribution in [0.2, 0.25) is 0 Å². The van der Waals surface area contributed by atoms with Crippen molar-refractivity contribution in [3.63, 3.8) is 0 Å². The van der Waals surface area contributed by atoms with Crippen molar-refractivity contribution in [1.29, 1.82) is 0 Å². The number of nitrogens with one attached hydrogen (secondary N) is 3. The van der Waals surface area contributed by atoms with Crippen LogP contribution >= 0.6 is 11.3 Å². The van der Waals surface area contributed by atoms with Crippen LogP contribution in [0, 0.1) is 0 Å². The summed E-state index contributed by atoms with van der Waals surface area (Å²) in [5.74, 6) is 0.826. The first-order valence-electron chi connectivity index (χ1n) is 10.2. The number of hydrogen-bond donors (Lipinski definition) is 5. The molecule has 168 valence electrons. The van der Waals surface area contributed by atoms with E-state index in [4.69, 9.17) is 11.5 Å². The Labute approximate surface area is 197 Å². The maximum Gasteiger partial charge on any atom is 0.284 e. The molecule has 3 heterocycles. The maximum atomic E-state index is 12.5. The fourth-order valence-corrected chi connectivity index (χ4v) is 4.17. The van der Waals surface area contributed by atoms with Crippen molar-refractivity contribution in [2.75, 3.05) is 5.32 Å². The van der Waals surface area contributed by atoms with Crippen LogP contribution in [0.1, 0.15) is 9.80 Å². The lowest BCUT2D eigenvalue weighted by Gasteiger charge is -2.07. The molecule has 0 saturated carbocycles. The molecule has 11 heteroatoms. The largest absolute Gasteiger partial charge is 0.405 e. The van der Waals surface area contributed by atoms with Crippen LogP contribution in [-0.2, 0) is 0 Å². The van der Waals surface area contributed by atoms with Crippen molar-refractivity contribution in [2.45, 2.75) is 0 Å². The van der Waals surface area contributed by atoms with E-state index in [0.717, 1.165) is 26.9 Å². The number of carbonyl (C=O) groups is 1. The third kappa shape index (κ3) is 4.27.